The number of ether oxygens (including phenoxy) is 2. The fraction of sp³-hybridized carbons (Fsp3) is 0.889. The van der Waals surface area contributed by atoms with E-state index in [1.54, 1.807) is 9.80 Å². The van der Waals surface area contributed by atoms with Crippen molar-refractivity contribution >= 4 is 24.2 Å². The predicted molar refractivity (Wildman–Crippen MR) is 190 cm³/mol. The number of amides is 6. The molecular weight excluding hydrogens is 640 g/mol. The summed E-state index contributed by atoms with van der Waals surface area (Å²) in [5, 5.41) is 6.20. The van der Waals surface area contributed by atoms with Gasteiger partial charge in [-0.25, -0.2) is 19.2 Å². The first kappa shape index (κ1) is 38.2. The lowest BCUT2D eigenvalue weighted by Gasteiger charge is -2.34. The standard InChI is InChI=1S/C36H64N8O6/c37-21-27-5-13-41(14-6-27)33(45)39-23-29-9-17-43(18-10-29)35(47)49-25-31-1-2-32(4-3-31)26-50-36(48)44-19-11-30(12-20-44)24-40-34(46)42-15-7-28(22-38)8-16-42/h27-32H,1-26,37-38H2,(H,39,45)(H,40,46). The predicted octanol–water partition coefficient (Wildman–Crippen LogP) is 3.25. The summed E-state index contributed by atoms with van der Waals surface area (Å²) in [6.45, 7) is 9.26. The first-order valence-corrected chi connectivity index (χ1v) is 19.6. The summed E-state index contributed by atoms with van der Waals surface area (Å²) in [6, 6.07) is 0.0285. The molecule has 4 saturated heterocycles. The third kappa shape index (κ3) is 11.5. The lowest BCUT2D eigenvalue weighted by atomic mass is 9.83. The van der Waals surface area contributed by atoms with Crippen LogP contribution in [0, 0.1) is 35.5 Å². The van der Waals surface area contributed by atoms with E-state index in [4.69, 9.17) is 20.9 Å². The van der Waals surface area contributed by atoms with E-state index in [0.717, 1.165) is 103 Å². The molecule has 4 heterocycles. The van der Waals surface area contributed by atoms with Crippen LogP contribution in [0.4, 0.5) is 19.2 Å². The molecule has 5 rings (SSSR count). The zero-order valence-electron chi connectivity index (χ0n) is 30.2. The van der Waals surface area contributed by atoms with Gasteiger partial charge in [0.15, 0.2) is 0 Å². The SMILES string of the molecule is NCC1CCN(C(=O)NCC2CCN(C(=O)OCC3CCC(COC(=O)N4CCC(CNC(=O)N5CCC(CN)CC5)CC4)CC3)CC2)CC1. The third-order valence-electron chi connectivity index (χ3n) is 12.2. The molecule has 1 saturated carbocycles. The van der Waals surface area contributed by atoms with E-state index in [1.165, 1.54) is 0 Å². The number of hydrogen-bond donors (Lipinski definition) is 4. The first-order chi connectivity index (χ1) is 24.3. The fourth-order valence-electron chi connectivity index (χ4n) is 8.20. The van der Waals surface area contributed by atoms with Crippen LogP contribution in [-0.4, -0.2) is 136 Å². The van der Waals surface area contributed by atoms with Crippen LogP contribution in [0.25, 0.3) is 0 Å². The molecule has 0 radical (unpaired) electrons. The number of carbonyl (C=O) groups excluding carboxylic acids is 4. The van der Waals surface area contributed by atoms with E-state index >= 15 is 0 Å². The number of hydrogen-bond acceptors (Lipinski definition) is 8. The number of nitrogens with one attached hydrogen (secondary N) is 2. The second-order valence-corrected chi connectivity index (χ2v) is 15.6. The number of carbonyl (C=O) groups is 4. The Morgan fingerprint density at radius 1 is 0.440 bits per heavy atom. The van der Waals surface area contributed by atoms with E-state index in [0.29, 0.717) is 101 Å². The molecule has 5 fully saturated rings. The Bertz CT molecular complexity index is 990. The molecule has 6 amide bonds. The van der Waals surface area contributed by atoms with Crippen molar-refractivity contribution in [3.05, 3.63) is 0 Å². The maximum absolute atomic E-state index is 12.8. The Morgan fingerprint density at radius 2 is 0.740 bits per heavy atom. The number of urea groups is 2. The van der Waals surface area contributed by atoms with Crippen LogP contribution in [0.2, 0.25) is 0 Å². The highest BCUT2D eigenvalue weighted by molar-refractivity contribution is 5.74. The summed E-state index contributed by atoms with van der Waals surface area (Å²) in [5.74, 6) is 2.47. The lowest BCUT2D eigenvalue weighted by molar-refractivity contribution is 0.0499. The molecule has 0 aromatic carbocycles. The van der Waals surface area contributed by atoms with Crippen molar-refractivity contribution in [3.63, 3.8) is 0 Å². The van der Waals surface area contributed by atoms with Gasteiger partial charge in [0.1, 0.15) is 0 Å². The average molecular weight is 705 g/mol. The molecule has 1 aliphatic carbocycles. The molecule has 0 spiro atoms. The Morgan fingerprint density at radius 3 is 1.06 bits per heavy atom. The molecule has 5 aliphatic rings. The van der Waals surface area contributed by atoms with Crippen LogP contribution in [0.1, 0.15) is 77.0 Å². The Kier molecular flexibility index (Phi) is 15.0. The molecule has 6 N–H and O–H groups in total. The van der Waals surface area contributed by atoms with Crippen LogP contribution in [-0.2, 0) is 9.47 Å². The maximum Gasteiger partial charge on any atom is 0.409 e. The highest BCUT2D eigenvalue weighted by atomic mass is 16.6. The molecule has 0 atom stereocenters. The van der Waals surface area contributed by atoms with Crippen molar-refractivity contribution < 1.29 is 28.7 Å². The van der Waals surface area contributed by atoms with Gasteiger partial charge in [0.2, 0.25) is 0 Å². The van der Waals surface area contributed by atoms with Gasteiger partial charge in [0, 0.05) is 65.4 Å². The smallest absolute Gasteiger partial charge is 0.409 e. The molecule has 50 heavy (non-hydrogen) atoms. The number of rotatable bonds is 10. The van der Waals surface area contributed by atoms with E-state index in [9.17, 15) is 19.2 Å². The normalized spacial score (nSPS) is 24.9. The minimum Gasteiger partial charge on any atom is -0.449 e. The third-order valence-corrected chi connectivity index (χ3v) is 12.2. The van der Waals surface area contributed by atoms with E-state index in [1.807, 2.05) is 9.80 Å². The number of nitrogens with two attached hydrogens (primary N) is 2. The van der Waals surface area contributed by atoms with Crippen LogP contribution in [0.3, 0.4) is 0 Å². The summed E-state index contributed by atoms with van der Waals surface area (Å²) in [4.78, 5) is 58.0. The molecule has 0 unspecified atom stereocenters. The van der Waals surface area contributed by atoms with Crippen LogP contribution in [0.15, 0.2) is 0 Å². The monoisotopic (exact) mass is 704 g/mol. The maximum atomic E-state index is 12.8. The van der Waals surface area contributed by atoms with Gasteiger partial charge in [-0.1, -0.05) is 0 Å². The quantitative estimate of drug-likeness (QED) is 0.268. The molecule has 14 heteroatoms. The topological polar surface area (TPSA) is 176 Å². The molecule has 4 aliphatic heterocycles. The molecule has 0 aromatic rings. The van der Waals surface area contributed by atoms with Gasteiger partial charge in [-0.15, -0.1) is 0 Å². The summed E-state index contributed by atoms with van der Waals surface area (Å²) in [5.41, 5.74) is 11.5. The van der Waals surface area contributed by atoms with Crippen LogP contribution in [0.5, 0.6) is 0 Å². The Balaban J connectivity index is 0.865. The first-order valence-electron chi connectivity index (χ1n) is 19.6. The molecule has 284 valence electrons. The van der Waals surface area contributed by atoms with Crippen LogP contribution < -0.4 is 22.1 Å². The molecular formula is C36H64N8O6. The number of nitrogens with zero attached hydrogens (tertiary/aromatic N) is 4. The highest BCUT2D eigenvalue weighted by Gasteiger charge is 2.30. The summed E-state index contributed by atoms with van der Waals surface area (Å²) in [7, 11) is 0. The van der Waals surface area contributed by atoms with Gasteiger partial charge >= 0.3 is 24.2 Å². The van der Waals surface area contributed by atoms with Crippen molar-refractivity contribution in [2.45, 2.75) is 77.0 Å². The van der Waals surface area contributed by atoms with E-state index < -0.39 is 0 Å². The van der Waals surface area contributed by atoms with Crippen molar-refractivity contribution in [1.29, 1.82) is 0 Å². The zero-order valence-corrected chi connectivity index (χ0v) is 30.2. The van der Waals surface area contributed by atoms with Gasteiger partial charge in [0.05, 0.1) is 13.2 Å². The summed E-state index contributed by atoms with van der Waals surface area (Å²) >= 11 is 0. The molecule has 14 nitrogen and oxygen atoms in total. The minimum absolute atomic E-state index is 0.0142. The van der Waals surface area contributed by atoms with E-state index in [2.05, 4.69) is 10.6 Å². The van der Waals surface area contributed by atoms with Crippen molar-refractivity contribution in [3.8, 4) is 0 Å². The highest BCUT2D eigenvalue weighted by Crippen LogP contribution is 2.30. The largest absolute Gasteiger partial charge is 0.449 e. The Labute approximate surface area is 298 Å². The van der Waals surface area contributed by atoms with Crippen molar-refractivity contribution in [2.75, 3.05) is 91.8 Å². The van der Waals surface area contributed by atoms with Crippen molar-refractivity contribution in [2.24, 2.45) is 47.0 Å². The van der Waals surface area contributed by atoms with Gasteiger partial charge in [-0.05, 0) is 126 Å². The number of piperidine rings is 4. The van der Waals surface area contributed by atoms with Gasteiger partial charge < -0.3 is 51.2 Å². The fourth-order valence-corrected chi connectivity index (χ4v) is 8.20. The van der Waals surface area contributed by atoms with Gasteiger partial charge in [-0.3, -0.25) is 0 Å². The number of likely N-dealkylation sites (tertiary alicyclic amines) is 4. The lowest BCUT2D eigenvalue weighted by Crippen LogP contribution is -2.47. The Hall–Kier alpha value is -3.00. The van der Waals surface area contributed by atoms with Crippen molar-refractivity contribution in [1.82, 2.24) is 30.2 Å². The van der Waals surface area contributed by atoms with Crippen LogP contribution >= 0.6 is 0 Å². The second kappa shape index (κ2) is 19.6. The van der Waals surface area contributed by atoms with Gasteiger partial charge in [0.25, 0.3) is 0 Å². The van der Waals surface area contributed by atoms with Gasteiger partial charge in [-0.2, -0.15) is 0 Å². The zero-order chi connectivity index (χ0) is 35.3. The molecule has 0 bridgehead atoms. The minimum atomic E-state index is -0.236. The second-order valence-electron chi connectivity index (χ2n) is 15.6. The summed E-state index contributed by atoms with van der Waals surface area (Å²) < 4.78 is 11.4. The average Bonchev–Trinajstić information content (AvgIpc) is 3.18. The summed E-state index contributed by atoms with van der Waals surface area (Å²) in [6.07, 6.45) is 10.7. The van der Waals surface area contributed by atoms with E-state index in [-0.39, 0.29) is 24.2 Å². The molecule has 0 aromatic heterocycles.